The Hall–Kier alpha value is -1.79. The molecule has 6 heteroatoms. The van der Waals surface area contributed by atoms with E-state index in [2.05, 4.69) is 0 Å². The molecule has 30 heavy (non-hydrogen) atoms. The lowest BCUT2D eigenvalue weighted by Gasteiger charge is -2.47. The summed E-state index contributed by atoms with van der Waals surface area (Å²) in [6.45, 7) is -7.26. The maximum atomic E-state index is 13.5. The van der Waals surface area contributed by atoms with Crippen LogP contribution in [0.15, 0.2) is 12.1 Å². The van der Waals surface area contributed by atoms with Crippen LogP contribution in [0.25, 0.3) is 0 Å². The van der Waals surface area contributed by atoms with Crippen molar-refractivity contribution in [1.29, 1.82) is 0 Å². The van der Waals surface area contributed by atoms with Crippen molar-refractivity contribution in [2.45, 2.75) is 64.9 Å². The molecule has 1 saturated heterocycles. The molecule has 168 valence electrons. The van der Waals surface area contributed by atoms with E-state index in [0.717, 1.165) is 17.0 Å². The van der Waals surface area contributed by atoms with Crippen molar-refractivity contribution in [3.8, 4) is 11.5 Å². The van der Waals surface area contributed by atoms with E-state index < -0.39 is 82.5 Å². The fourth-order valence-electron chi connectivity index (χ4n) is 3.84. The standard InChI is InChI=1S/C24H38N2O4/c1-14(2)9-17-13-26-8-7-16-10-21(28-5)22(29-6)11-18(16)19(26)12-20(17)30-24(27)23(25)15(3)4/h10-11,14-15,17,19-20,23H,7-9,12-13,25H2,1-6H3/t17?,19?,20?,23-/m0/s1/i3D3,4D3,6D3,7D2,8D2,15D,20D,23D. The van der Waals surface area contributed by atoms with Gasteiger partial charge in [-0.2, -0.15) is 0 Å². The average molecular weight is 435 g/mol. The predicted molar refractivity (Wildman–Crippen MR) is 118 cm³/mol. The molecule has 0 aliphatic carbocycles. The van der Waals surface area contributed by atoms with Crippen LogP contribution in [-0.2, 0) is 15.9 Å². The Balaban J connectivity index is 2.23. The van der Waals surface area contributed by atoms with E-state index in [9.17, 15) is 6.17 Å². The molecule has 0 saturated carbocycles. The van der Waals surface area contributed by atoms with Crippen molar-refractivity contribution in [2.24, 2.45) is 23.5 Å². The Morgan fingerprint density at radius 1 is 1.40 bits per heavy atom. The van der Waals surface area contributed by atoms with Gasteiger partial charge in [0.05, 0.1) is 21.0 Å². The topological polar surface area (TPSA) is 74.0 Å². The molecule has 1 aromatic rings. The second-order valence-electron chi connectivity index (χ2n) is 7.77. The summed E-state index contributed by atoms with van der Waals surface area (Å²) in [7, 11) is -1.80. The molecule has 4 atom stereocenters. The first-order valence-electron chi connectivity index (χ1n) is 17.6. The van der Waals surface area contributed by atoms with Crippen LogP contribution in [0.1, 0.15) is 79.5 Å². The van der Waals surface area contributed by atoms with Crippen molar-refractivity contribution in [3.05, 3.63) is 23.3 Å². The lowest BCUT2D eigenvalue weighted by molar-refractivity contribution is -0.160. The van der Waals surface area contributed by atoms with Crippen molar-refractivity contribution in [2.75, 3.05) is 27.2 Å². The van der Waals surface area contributed by atoms with Gasteiger partial charge in [-0.15, -0.1) is 0 Å². The third kappa shape index (κ3) is 4.75. The maximum absolute atomic E-state index is 13.5. The molecule has 2 aliphatic rings. The van der Waals surface area contributed by atoms with Crippen LogP contribution in [0.2, 0.25) is 0 Å². The second kappa shape index (κ2) is 9.56. The van der Waals surface area contributed by atoms with Crippen LogP contribution in [0, 0.1) is 17.7 Å². The highest BCUT2D eigenvalue weighted by Gasteiger charge is 2.41. The number of esters is 1. The first-order chi connectivity index (χ1) is 20.4. The third-order valence-electron chi connectivity index (χ3n) is 5.25. The van der Waals surface area contributed by atoms with Crippen molar-refractivity contribution in [1.82, 2.24) is 4.90 Å². The molecule has 0 radical (unpaired) electrons. The Bertz CT molecular complexity index is 1310. The van der Waals surface area contributed by atoms with Crippen LogP contribution < -0.4 is 15.2 Å². The Labute approximate surface area is 203 Å². The number of hydrogen-bond donors (Lipinski definition) is 1. The van der Waals surface area contributed by atoms with E-state index in [1.165, 1.54) is 7.11 Å². The number of benzene rings is 1. The minimum atomic E-state index is -3.89. The molecule has 1 fully saturated rings. The first kappa shape index (κ1) is 9.78. The molecule has 0 amide bonds. The van der Waals surface area contributed by atoms with E-state index in [1.807, 2.05) is 0 Å². The number of piperidine rings is 1. The molecule has 3 rings (SSSR count). The molecule has 1 aromatic carbocycles. The summed E-state index contributed by atoms with van der Waals surface area (Å²) in [5, 5.41) is 0. The zero-order valence-electron chi connectivity index (χ0n) is 33.2. The Morgan fingerprint density at radius 3 is 2.83 bits per heavy atom. The molecular formula is C24H38N2O4. The molecule has 2 aliphatic heterocycles. The van der Waals surface area contributed by atoms with Gasteiger partial charge in [0.2, 0.25) is 0 Å². The smallest absolute Gasteiger partial charge is 0.323 e. The summed E-state index contributed by atoms with van der Waals surface area (Å²) in [5.41, 5.74) is 5.43. The highest BCUT2D eigenvalue weighted by Crippen LogP contribution is 2.44. The molecule has 0 aromatic heterocycles. The van der Waals surface area contributed by atoms with Crippen molar-refractivity contribution >= 4 is 5.97 Å². The van der Waals surface area contributed by atoms with Crippen molar-refractivity contribution in [3.63, 3.8) is 0 Å². The fraction of sp³-hybridized carbons (Fsp3) is 0.708. The Kier molecular flexibility index (Phi) is 3.12. The van der Waals surface area contributed by atoms with E-state index in [-0.39, 0.29) is 35.0 Å². The van der Waals surface area contributed by atoms with Gasteiger partial charge >= 0.3 is 5.97 Å². The zero-order chi connectivity index (χ0) is 35.9. The second-order valence-corrected chi connectivity index (χ2v) is 7.77. The van der Waals surface area contributed by atoms with Gasteiger partial charge in [-0.3, -0.25) is 9.69 Å². The van der Waals surface area contributed by atoms with Gasteiger partial charge in [0.1, 0.15) is 12.1 Å². The van der Waals surface area contributed by atoms with Crippen LogP contribution in [0.5, 0.6) is 11.5 Å². The van der Waals surface area contributed by atoms with Gasteiger partial charge in [-0.05, 0) is 47.9 Å². The summed E-state index contributed by atoms with van der Waals surface area (Å²) in [6.07, 6.45) is -5.74. The van der Waals surface area contributed by atoms with Crippen LogP contribution in [0.3, 0.4) is 0 Å². The van der Waals surface area contributed by atoms with Crippen LogP contribution >= 0.6 is 0 Å². The normalized spacial score (nSPS) is 41.2. The van der Waals surface area contributed by atoms with Gasteiger partial charge in [-0.25, -0.2) is 0 Å². The number of carbonyl (C=O) groups excluding carboxylic acids is 1. The number of carbonyl (C=O) groups is 1. The van der Waals surface area contributed by atoms with Gasteiger partial charge in [0.25, 0.3) is 0 Å². The SMILES string of the molecule is [2H]C([2H])([2H])Oc1cc2c(cc1OC)C([2H])([2H])C([2H])([2H])N1CC(CC(C)C)C([2H])(OC(=O)[C@@]([2H])(N)C([2H])(C([2H])([2H])[2H])C([2H])([2H])[2H])CC21. The highest BCUT2D eigenvalue weighted by atomic mass is 16.5. The summed E-state index contributed by atoms with van der Waals surface area (Å²) in [5.74, 6) is -7.78. The minimum absolute atomic E-state index is 0.0273. The lowest BCUT2D eigenvalue weighted by Crippen LogP contribution is -2.51. The van der Waals surface area contributed by atoms with E-state index in [4.69, 9.17) is 40.5 Å². The quantitative estimate of drug-likeness (QED) is 0.662. The van der Waals surface area contributed by atoms with Crippen LogP contribution in [-0.4, -0.2) is 50.2 Å². The van der Waals surface area contributed by atoms with Crippen molar-refractivity contribution < 1.29 is 40.9 Å². The van der Waals surface area contributed by atoms with Gasteiger partial charge in [0.15, 0.2) is 11.5 Å². The molecule has 6 nitrogen and oxygen atoms in total. The number of methoxy groups -OCH3 is 2. The molecule has 0 bridgehead atoms. The van der Waals surface area contributed by atoms with E-state index in [0.29, 0.717) is 0 Å². The molecule has 2 heterocycles. The summed E-state index contributed by atoms with van der Waals surface area (Å²) in [4.78, 5) is 14.6. The number of nitrogens with two attached hydrogens (primary N) is 1. The highest BCUT2D eigenvalue weighted by molar-refractivity contribution is 5.76. The van der Waals surface area contributed by atoms with Gasteiger partial charge in [0, 0.05) is 46.5 Å². The molecule has 3 unspecified atom stereocenters. The number of ether oxygens (including phenoxy) is 3. The van der Waals surface area contributed by atoms with Gasteiger partial charge < -0.3 is 19.9 Å². The lowest BCUT2D eigenvalue weighted by atomic mass is 9.79. The predicted octanol–water partition coefficient (Wildman–Crippen LogP) is 3.56. The molecule has 0 spiro atoms. The zero-order valence-corrected chi connectivity index (χ0v) is 17.2. The average Bonchev–Trinajstić information content (AvgIpc) is 2.85. The molecular weight excluding hydrogens is 380 g/mol. The van der Waals surface area contributed by atoms with Gasteiger partial charge in [-0.1, -0.05) is 27.6 Å². The summed E-state index contributed by atoms with van der Waals surface area (Å²) < 4.78 is 146. The number of hydrogen-bond acceptors (Lipinski definition) is 6. The third-order valence-corrected chi connectivity index (χ3v) is 5.25. The number of fused-ring (bicyclic) bond motifs is 3. The number of aryl methyl sites for hydroxylation is 1. The first-order valence-corrected chi connectivity index (χ1v) is 9.59. The Morgan fingerprint density at radius 2 is 2.17 bits per heavy atom. The fourth-order valence-corrected chi connectivity index (χ4v) is 3.84. The monoisotopic (exact) mass is 434 g/mol. The van der Waals surface area contributed by atoms with E-state index >= 15 is 0 Å². The number of rotatable bonds is 7. The largest absolute Gasteiger partial charge is 0.493 e. The summed E-state index contributed by atoms with van der Waals surface area (Å²) >= 11 is 0. The number of nitrogens with zero attached hydrogens (tertiary/aromatic N) is 1. The minimum Gasteiger partial charge on any atom is -0.493 e. The maximum Gasteiger partial charge on any atom is 0.323 e. The van der Waals surface area contributed by atoms with Crippen LogP contribution in [0.4, 0.5) is 0 Å². The summed E-state index contributed by atoms with van der Waals surface area (Å²) in [6, 6.07) is -2.83. The molecule has 2 N–H and O–H groups in total. The van der Waals surface area contributed by atoms with E-state index in [1.54, 1.807) is 13.8 Å².